The number of hydrogen-bond donors (Lipinski definition) is 3. The number of rotatable bonds is 6. The van der Waals surface area contributed by atoms with Gasteiger partial charge < -0.3 is 10.2 Å². The van der Waals surface area contributed by atoms with Gasteiger partial charge in [-0.3, -0.25) is 14.6 Å². The highest BCUT2D eigenvalue weighted by molar-refractivity contribution is 7.13. The van der Waals surface area contributed by atoms with Crippen molar-refractivity contribution in [2.24, 2.45) is 5.41 Å². The molecule has 0 spiro atoms. The Kier molecular flexibility index (Phi) is 5.54. The number of aromatic nitrogens is 3. The van der Waals surface area contributed by atoms with E-state index in [0.29, 0.717) is 25.9 Å². The molecule has 8 nitrogen and oxygen atoms in total. The lowest BCUT2D eigenvalue weighted by atomic mass is 9.79. The molecule has 1 fully saturated rings. The van der Waals surface area contributed by atoms with Crippen LogP contribution in [0.25, 0.3) is 10.4 Å². The fourth-order valence-corrected chi connectivity index (χ4v) is 4.72. The van der Waals surface area contributed by atoms with Gasteiger partial charge in [-0.1, -0.05) is 30.3 Å². The van der Waals surface area contributed by atoms with Crippen molar-refractivity contribution < 1.29 is 9.59 Å². The number of hydrogen-bond acceptors (Lipinski definition) is 5. The Labute approximate surface area is 177 Å². The predicted molar refractivity (Wildman–Crippen MR) is 114 cm³/mol. The van der Waals surface area contributed by atoms with Crippen molar-refractivity contribution >= 4 is 23.2 Å². The van der Waals surface area contributed by atoms with Crippen LogP contribution in [0.2, 0.25) is 0 Å². The Hall–Kier alpha value is -3.20. The largest absolute Gasteiger partial charge is 0.356 e. The highest BCUT2D eigenvalue weighted by Crippen LogP contribution is 2.36. The molecular weight excluding hydrogens is 402 g/mol. The molecule has 0 aliphatic carbocycles. The minimum atomic E-state index is -0.726. The van der Waals surface area contributed by atoms with E-state index in [1.807, 2.05) is 30.5 Å². The molecule has 0 bridgehead atoms. The zero-order chi connectivity index (χ0) is 21.1. The number of benzene rings is 1. The lowest BCUT2D eigenvalue weighted by molar-refractivity contribution is -0.130. The molecule has 2 aromatic heterocycles. The van der Waals surface area contributed by atoms with Gasteiger partial charge in [0.15, 0.2) is 0 Å². The fourth-order valence-electron chi connectivity index (χ4n) is 3.99. The third kappa shape index (κ3) is 3.93. The summed E-state index contributed by atoms with van der Waals surface area (Å²) in [5.41, 5.74) is 0.914. The molecule has 2 amide bonds. The zero-order valence-electron chi connectivity index (χ0n) is 16.6. The van der Waals surface area contributed by atoms with Gasteiger partial charge in [-0.15, -0.1) is 16.4 Å². The van der Waals surface area contributed by atoms with Crippen molar-refractivity contribution in [1.82, 2.24) is 25.4 Å². The highest BCUT2D eigenvalue weighted by Gasteiger charge is 2.46. The molecule has 4 rings (SSSR count). The molecule has 1 saturated heterocycles. The van der Waals surface area contributed by atoms with E-state index in [4.69, 9.17) is 0 Å². The van der Waals surface area contributed by atoms with Crippen molar-refractivity contribution in [3.05, 3.63) is 63.7 Å². The van der Waals surface area contributed by atoms with Crippen LogP contribution in [0, 0.1) is 5.41 Å². The lowest BCUT2D eigenvalue weighted by Crippen LogP contribution is -2.45. The molecule has 3 heterocycles. The van der Waals surface area contributed by atoms with Gasteiger partial charge in [-0.2, -0.15) is 0 Å². The average molecular weight is 426 g/mol. The van der Waals surface area contributed by atoms with Gasteiger partial charge in [0, 0.05) is 24.5 Å². The van der Waals surface area contributed by atoms with E-state index in [2.05, 4.69) is 38.7 Å². The number of amides is 2. The van der Waals surface area contributed by atoms with Crippen LogP contribution in [0.15, 0.2) is 46.6 Å². The van der Waals surface area contributed by atoms with E-state index in [-0.39, 0.29) is 24.2 Å². The topological polar surface area (TPSA) is 111 Å². The SMILES string of the molecule is CCNC(=O)[C@@]1(Cc2cccc(-c3cccs3)c2)CCN(C(=O)c2n[nH]c(=O)[nH]2)C1. The van der Waals surface area contributed by atoms with Gasteiger partial charge in [0.1, 0.15) is 0 Å². The fraction of sp³-hybridized carbons (Fsp3) is 0.333. The highest BCUT2D eigenvalue weighted by atomic mass is 32.1. The molecule has 1 aromatic carbocycles. The monoisotopic (exact) mass is 425 g/mol. The normalized spacial score (nSPS) is 18.5. The third-order valence-electron chi connectivity index (χ3n) is 5.44. The number of nitrogens with one attached hydrogen (secondary N) is 3. The number of nitrogens with zero attached hydrogens (tertiary/aromatic N) is 2. The summed E-state index contributed by atoms with van der Waals surface area (Å²) in [6.45, 7) is 3.11. The van der Waals surface area contributed by atoms with Crippen LogP contribution in [0.1, 0.15) is 29.5 Å². The first-order valence-corrected chi connectivity index (χ1v) is 10.7. The first kappa shape index (κ1) is 20.1. The van der Waals surface area contributed by atoms with E-state index in [0.717, 1.165) is 11.1 Å². The average Bonchev–Trinajstić information content (AvgIpc) is 3.49. The molecule has 0 saturated carbocycles. The molecule has 9 heteroatoms. The van der Waals surface area contributed by atoms with Gasteiger partial charge in [-0.25, -0.2) is 9.89 Å². The molecule has 156 valence electrons. The summed E-state index contributed by atoms with van der Waals surface area (Å²) < 4.78 is 0. The quantitative estimate of drug-likeness (QED) is 0.561. The summed E-state index contributed by atoms with van der Waals surface area (Å²) in [4.78, 5) is 42.3. The van der Waals surface area contributed by atoms with Gasteiger partial charge in [0.05, 0.1) is 5.41 Å². The molecule has 1 atom stereocenters. The van der Waals surface area contributed by atoms with Gasteiger partial charge >= 0.3 is 5.69 Å². The molecular formula is C21H23N5O3S. The van der Waals surface area contributed by atoms with E-state index in [1.165, 1.54) is 4.88 Å². The summed E-state index contributed by atoms with van der Waals surface area (Å²) >= 11 is 1.67. The van der Waals surface area contributed by atoms with Crippen molar-refractivity contribution in [2.75, 3.05) is 19.6 Å². The van der Waals surface area contributed by atoms with E-state index >= 15 is 0 Å². The van der Waals surface area contributed by atoms with E-state index in [1.54, 1.807) is 16.2 Å². The van der Waals surface area contributed by atoms with Crippen LogP contribution in [0.4, 0.5) is 0 Å². The van der Waals surface area contributed by atoms with E-state index < -0.39 is 11.1 Å². The molecule has 3 N–H and O–H groups in total. The maximum Gasteiger partial charge on any atom is 0.341 e. The molecule has 0 unspecified atom stereocenters. The second-order valence-corrected chi connectivity index (χ2v) is 8.44. The Morgan fingerprint density at radius 2 is 2.17 bits per heavy atom. The predicted octanol–water partition coefficient (Wildman–Crippen LogP) is 2.04. The molecule has 30 heavy (non-hydrogen) atoms. The minimum Gasteiger partial charge on any atom is -0.356 e. The summed E-state index contributed by atoms with van der Waals surface area (Å²) in [6, 6.07) is 12.3. The molecule has 1 aliphatic heterocycles. The first-order valence-electron chi connectivity index (χ1n) is 9.86. The molecule has 0 radical (unpaired) electrons. The number of H-pyrrole nitrogens is 2. The second kappa shape index (κ2) is 8.27. The van der Waals surface area contributed by atoms with Crippen LogP contribution in [0.5, 0.6) is 0 Å². The smallest absolute Gasteiger partial charge is 0.341 e. The number of thiophene rings is 1. The van der Waals surface area contributed by atoms with Gasteiger partial charge in [0.2, 0.25) is 11.7 Å². The van der Waals surface area contributed by atoms with Gasteiger partial charge in [0.25, 0.3) is 5.91 Å². The zero-order valence-corrected chi connectivity index (χ0v) is 17.4. The summed E-state index contributed by atoms with van der Waals surface area (Å²) in [7, 11) is 0. The molecule has 1 aliphatic rings. The van der Waals surface area contributed by atoms with Crippen molar-refractivity contribution in [3.8, 4) is 10.4 Å². The Morgan fingerprint density at radius 1 is 1.30 bits per heavy atom. The first-order chi connectivity index (χ1) is 14.5. The standard InChI is InChI=1S/C21H23N5O3S/c1-2-22-19(28)21(8-9-26(13-21)18(27)17-23-20(29)25-24-17)12-14-5-3-6-15(11-14)16-7-4-10-30-16/h3-7,10-11H,2,8-9,12-13H2,1H3,(H,22,28)(H2,23,24,25,29)/t21-/m1/s1. The number of carbonyl (C=O) groups is 2. The second-order valence-electron chi connectivity index (χ2n) is 7.50. The number of aromatic amines is 2. The van der Waals surface area contributed by atoms with Gasteiger partial charge in [-0.05, 0) is 42.3 Å². The Bertz CT molecular complexity index is 1100. The Balaban J connectivity index is 1.59. The third-order valence-corrected chi connectivity index (χ3v) is 6.36. The summed E-state index contributed by atoms with van der Waals surface area (Å²) in [5.74, 6) is -0.476. The van der Waals surface area contributed by atoms with E-state index in [9.17, 15) is 14.4 Å². The van der Waals surface area contributed by atoms with Crippen molar-refractivity contribution in [3.63, 3.8) is 0 Å². The van der Waals surface area contributed by atoms with Crippen molar-refractivity contribution in [1.29, 1.82) is 0 Å². The number of likely N-dealkylation sites (tertiary alicyclic amines) is 1. The maximum atomic E-state index is 13.1. The number of carbonyl (C=O) groups excluding carboxylic acids is 2. The maximum absolute atomic E-state index is 13.1. The van der Waals surface area contributed by atoms with Crippen LogP contribution in [0.3, 0.4) is 0 Å². The Morgan fingerprint density at radius 3 is 2.87 bits per heavy atom. The lowest BCUT2D eigenvalue weighted by Gasteiger charge is -2.28. The summed E-state index contributed by atoms with van der Waals surface area (Å²) in [5, 5.41) is 10.9. The summed E-state index contributed by atoms with van der Waals surface area (Å²) in [6.07, 6.45) is 1.07. The van der Waals surface area contributed by atoms with Crippen molar-refractivity contribution in [2.45, 2.75) is 19.8 Å². The van der Waals surface area contributed by atoms with Crippen LogP contribution in [-0.2, 0) is 11.2 Å². The van der Waals surface area contributed by atoms with Crippen LogP contribution in [-0.4, -0.2) is 51.5 Å². The van der Waals surface area contributed by atoms with Crippen LogP contribution >= 0.6 is 11.3 Å². The minimum absolute atomic E-state index is 0.0357. The van der Waals surface area contributed by atoms with Crippen LogP contribution < -0.4 is 11.0 Å². The molecule has 3 aromatic rings.